The zero-order chi connectivity index (χ0) is 27.3. The van der Waals surface area contributed by atoms with Crippen LogP contribution in [0.5, 0.6) is 0 Å². The van der Waals surface area contributed by atoms with E-state index in [0.717, 1.165) is 11.3 Å². The molecule has 3 atom stereocenters. The summed E-state index contributed by atoms with van der Waals surface area (Å²) in [6.07, 6.45) is -0.253. The van der Waals surface area contributed by atoms with Crippen molar-refractivity contribution in [1.82, 2.24) is 15.3 Å². The zero-order valence-electron chi connectivity index (χ0n) is 19.7. The van der Waals surface area contributed by atoms with Gasteiger partial charge >= 0.3 is 11.9 Å². The van der Waals surface area contributed by atoms with Crippen LogP contribution in [0.4, 0.5) is 10.8 Å². The summed E-state index contributed by atoms with van der Waals surface area (Å²) in [7, 11) is 0. The van der Waals surface area contributed by atoms with Gasteiger partial charge in [0, 0.05) is 42.3 Å². The minimum absolute atomic E-state index is 0.0181. The van der Waals surface area contributed by atoms with Gasteiger partial charge in [0.15, 0.2) is 5.13 Å². The van der Waals surface area contributed by atoms with E-state index in [0.29, 0.717) is 34.6 Å². The largest absolute Gasteiger partial charge is 0.478 e. The number of H-pyrrole nitrogens is 1. The summed E-state index contributed by atoms with van der Waals surface area (Å²) >= 11 is 13.2. The molecule has 5 rings (SSSR count). The van der Waals surface area contributed by atoms with Gasteiger partial charge in [-0.05, 0) is 31.2 Å². The molecule has 1 saturated heterocycles. The normalized spacial score (nSPS) is 19.7. The van der Waals surface area contributed by atoms with Gasteiger partial charge in [0.25, 0.3) is 5.91 Å². The smallest absolute Gasteiger partial charge is 0.347 e. The van der Waals surface area contributed by atoms with Crippen LogP contribution in [0.25, 0.3) is 0 Å². The molecule has 2 aliphatic rings. The molecule has 0 radical (unpaired) electrons. The van der Waals surface area contributed by atoms with Gasteiger partial charge in [0.05, 0.1) is 27.7 Å². The summed E-state index contributed by atoms with van der Waals surface area (Å²) in [5, 5.41) is 25.3. The number of anilines is 2. The molecule has 0 unspecified atom stereocenters. The van der Waals surface area contributed by atoms with Gasteiger partial charge in [-0.1, -0.05) is 34.5 Å². The number of carbonyl (C=O) groups excluding carboxylic acids is 2. The molecule has 14 heteroatoms. The highest BCUT2D eigenvalue weighted by molar-refractivity contribution is 7.17. The van der Waals surface area contributed by atoms with Crippen LogP contribution in [0.2, 0.25) is 10.0 Å². The molecule has 5 N–H and O–H groups in total. The van der Waals surface area contributed by atoms with E-state index >= 15 is 0 Å². The standard InChI is InChI=1S/C24H21Cl2N5O6S/c1-9-16(25)17(26)19(27-9)21(33)30-18-12-7-31(8-13(12)18)24-29-14(20(38-24)23(36)37)6-15(32)28-11-4-2-10(3-5-11)22(34)35/h2-5,12-13,18,27H,6-8H2,1H3,(H,28,32)(H,30,33)(H,34,35)(H,36,37)/t12-,13+,18-. The number of nitrogens with one attached hydrogen (secondary N) is 3. The number of nitrogens with zero attached hydrogens (tertiary/aromatic N) is 2. The Hall–Kier alpha value is -3.61. The van der Waals surface area contributed by atoms with Crippen LogP contribution in [-0.4, -0.2) is 63.1 Å². The van der Waals surface area contributed by atoms with E-state index in [9.17, 15) is 24.3 Å². The van der Waals surface area contributed by atoms with E-state index in [-0.39, 0.29) is 57.1 Å². The van der Waals surface area contributed by atoms with Gasteiger partial charge < -0.3 is 30.7 Å². The maximum absolute atomic E-state index is 12.6. The van der Waals surface area contributed by atoms with Crippen molar-refractivity contribution in [2.75, 3.05) is 23.3 Å². The Balaban J connectivity index is 1.20. The second kappa shape index (κ2) is 9.93. The van der Waals surface area contributed by atoms with Crippen molar-refractivity contribution in [2.24, 2.45) is 11.8 Å². The first-order valence-electron chi connectivity index (χ1n) is 11.5. The molecule has 2 aromatic heterocycles. The van der Waals surface area contributed by atoms with E-state index < -0.39 is 17.8 Å². The van der Waals surface area contributed by atoms with Gasteiger partial charge in [-0.3, -0.25) is 9.59 Å². The topological polar surface area (TPSA) is 165 Å². The lowest BCUT2D eigenvalue weighted by Gasteiger charge is -2.19. The Kier molecular flexibility index (Phi) is 6.80. The van der Waals surface area contributed by atoms with Gasteiger partial charge in [-0.15, -0.1) is 0 Å². The summed E-state index contributed by atoms with van der Waals surface area (Å²) in [5.74, 6) is -2.69. The monoisotopic (exact) mass is 577 g/mol. The summed E-state index contributed by atoms with van der Waals surface area (Å²) in [4.78, 5) is 57.3. The minimum Gasteiger partial charge on any atom is -0.478 e. The molecule has 11 nitrogen and oxygen atoms in total. The number of thiazole rings is 1. The van der Waals surface area contributed by atoms with Crippen molar-refractivity contribution in [3.8, 4) is 0 Å². The molecule has 2 fully saturated rings. The van der Waals surface area contributed by atoms with Gasteiger partial charge in [0.2, 0.25) is 5.91 Å². The zero-order valence-corrected chi connectivity index (χ0v) is 22.1. The fourth-order valence-electron chi connectivity index (χ4n) is 4.66. The first kappa shape index (κ1) is 26.0. The molecule has 3 aromatic rings. The van der Waals surface area contributed by atoms with Crippen LogP contribution in [0.3, 0.4) is 0 Å². The average molecular weight is 578 g/mol. The van der Waals surface area contributed by atoms with E-state index in [1.54, 1.807) is 6.92 Å². The van der Waals surface area contributed by atoms with Crippen LogP contribution in [0.1, 0.15) is 41.9 Å². The number of aromatic nitrogens is 2. The SMILES string of the molecule is Cc1[nH]c(C(=O)N[C@@H]2[C@@H]3CN(c4nc(CC(=O)Nc5ccc(C(=O)O)cc5)c(C(=O)O)s4)C[C@@H]32)c(Cl)c1Cl. The number of piperidine rings is 1. The third-order valence-electron chi connectivity index (χ3n) is 6.67. The number of hydrogen-bond acceptors (Lipinski definition) is 7. The first-order valence-corrected chi connectivity index (χ1v) is 13.1. The van der Waals surface area contributed by atoms with E-state index in [2.05, 4.69) is 20.6 Å². The molecule has 1 aliphatic carbocycles. The molecule has 3 heterocycles. The quantitative estimate of drug-likeness (QED) is 0.271. The Labute approximate surface area is 229 Å². The third kappa shape index (κ3) is 4.94. The Bertz CT molecular complexity index is 1460. The highest BCUT2D eigenvalue weighted by Crippen LogP contribution is 2.48. The summed E-state index contributed by atoms with van der Waals surface area (Å²) in [6.45, 7) is 2.90. The first-order chi connectivity index (χ1) is 18.0. The molecule has 1 aromatic carbocycles. The molecule has 1 aliphatic heterocycles. The molecule has 198 valence electrons. The highest BCUT2D eigenvalue weighted by Gasteiger charge is 2.57. The van der Waals surface area contributed by atoms with E-state index in [4.69, 9.17) is 28.3 Å². The van der Waals surface area contributed by atoms with Gasteiger partial charge in [-0.25, -0.2) is 14.6 Å². The number of halogens is 2. The van der Waals surface area contributed by atoms with Gasteiger partial charge in [-0.2, -0.15) is 0 Å². The molecule has 0 spiro atoms. The minimum atomic E-state index is -1.17. The molecular weight excluding hydrogens is 557 g/mol. The number of carbonyl (C=O) groups is 4. The lowest BCUT2D eigenvalue weighted by Crippen LogP contribution is -2.34. The maximum atomic E-state index is 12.6. The lowest BCUT2D eigenvalue weighted by molar-refractivity contribution is -0.115. The summed E-state index contributed by atoms with van der Waals surface area (Å²) < 4.78 is 0. The second-order valence-electron chi connectivity index (χ2n) is 9.17. The third-order valence-corrected chi connectivity index (χ3v) is 8.76. The number of aromatic carboxylic acids is 2. The predicted octanol–water partition coefficient (Wildman–Crippen LogP) is 3.53. The Morgan fingerprint density at radius 2 is 1.74 bits per heavy atom. The van der Waals surface area contributed by atoms with Crippen molar-refractivity contribution in [2.45, 2.75) is 19.4 Å². The number of carboxylic acid groups (broad SMARTS) is 2. The maximum Gasteiger partial charge on any atom is 0.347 e. The van der Waals surface area contributed by atoms with E-state index in [1.807, 2.05) is 4.90 Å². The van der Waals surface area contributed by atoms with Crippen molar-refractivity contribution >= 4 is 69.1 Å². The van der Waals surface area contributed by atoms with Crippen molar-refractivity contribution in [3.63, 3.8) is 0 Å². The van der Waals surface area contributed by atoms with Crippen LogP contribution < -0.4 is 15.5 Å². The van der Waals surface area contributed by atoms with Crippen LogP contribution in [0, 0.1) is 18.8 Å². The Morgan fingerprint density at radius 3 is 2.29 bits per heavy atom. The Morgan fingerprint density at radius 1 is 1.08 bits per heavy atom. The number of fused-ring (bicyclic) bond motifs is 1. The molecule has 2 amide bonds. The molecule has 38 heavy (non-hydrogen) atoms. The number of amides is 2. The number of carboxylic acids is 2. The number of hydrogen-bond donors (Lipinski definition) is 5. The predicted molar refractivity (Wildman–Crippen MR) is 141 cm³/mol. The number of rotatable bonds is 8. The van der Waals surface area contributed by atoms with Crippen LogP contribution in [0.15, 0.2) is 24.3 Å². The number of benzene rings is 1. The highest BCUT2D eigenvalue weighted by atomic mass is 35.5. The molecule has 0 bridgehead atoms. The average Bonchev–Trinajstić information content (AvgIpc) is 3.21. The summed E-state index contributed by atoms with van der Waals surface area (Å²) in [5.41, 5.74) is 1.46. The fourth-order valence-corrected chi connectivity index (χ4v) is 6.02. The van der Waals surface area contributed by atoms with Crippen LogP contribution >= 0.6 is 34.5 Å². The van der Waals surface area contributed by atoms with Gasteiger partial charge in [0.1, 0.15) is 10.6 Å². The van der Waals surface area contributed by atoms with E-state index in [1.165, 1.54) is 24.3 Å². The number of aryl methyl sites for hydroxylation is 1. The fraction of sp³-hybridized carbons (Fsp3) is 0.292. The molecular formula is C24H21Cl2N5O6S. The summed E-state index contributed by atoms with van der Waals surface area (Å²) in [6, 6.07) is 5.60. The van der Waals surface area contributed by atoms with Crippen molar-refractivity contribution in [1.29, 1.82) is 0 Å². The second-order valence-corrected chi connectivity index (χ2v) is 10.9. The molecule has 1 saturated carbocycles. The van der Waals surface area contributed by atoms with Crippen molar-refractivity contribution < 1.29 is 29.4 Å². The lowest BCUT2D eigenvalue weighted by atomic mass is 10.2. The van der Waals surface area contributed by atoms with Crippen molar-refractivity contribution in [3.05, 3.63) is 61.8 Å². The van der Waals surface area contributed by atoms with Crippen LogP contribution in [-0.2, 0) is 11.2 Å². The number of aromatic amines is 1.